The highest BCUT2D eigenvalue weighted by Crippen LogP contribution is 2.32. The third-order valence-corrected chi connectivity index (χ3v) is 3.78. The minimum Gasteiger partial charge on any atom is -0.497 e. The second kappa shape index (κ2) is 6.76. The summed E-state index contributed by atoms with van der Waals surface area (Å²) in [6.07, 6.45) is 2.15. The van der Waals surface area contributed by atoms with E-state index < -0.39 is 5.38 Å². The first-order chi connectivity index (χ1) is 9.65. The molecule has 1 nitrogen and oxygen atoms in total. The van der Waals surface area contributed by atoms with Crippen LogP contribution < -0.4 is 4.74 Å². The molecule has 0 saturated carbocycles. The summed E-state index contributed by atoms with van der Waals surface area (Å²) in [5.74, 6) is 0.149. The summed E-state index contributed by atoms with van der Waals surface area (Å²) in [6.45, 7) is 2.14. The van der Waals surface area contributed by atoms with Gasteiger partial charge in [0.25, 0.3) is 0 Å². The highest BCUT2D eigenvalue weighted by atomic mass is 35.5. The van der Waals surface area contributed by atoms with Gasteiger partial charge in [-0.15, -0.1) is 11.6 Å². The number of rotatable bonds is 5. The van der Waals surface area contributed by atoms with E-state index in [4.69, 9.17) is 16.3 Å². The molecule has 2 aromatic rings. The van der Waals surface area contributed by atoms with E-state index in [-0.39, 0.29) is 5.82 Å². The number of benzene rings is 2. The third-order valence-electron chi connectivity index (χ3n) is 3.29. The van der Waals surface area contributed by atoms with Gasteiger partial charge in [-0.25, -0.2) is 4.39 Å². The molecule has 0 bridgehead atoms. The van der Waals surface area contributed by atoms with Crippen molar-refractivity contribution < 1.29 is 9.13 Å². The van der Waals surface area contributed by atoms with Gasteiger partial charge in [-0.05, 0) is 23.6 Å². The zero-order chi connectivity index (χ0) is 14.5. The average Bonchev–Trinajstić information content (AvgIpc) is 2.47. The van der Waals surface area contributed by atoms with Crippen LogP contribution in [0.1, 0.15) is 35.4 Å². The molecule has 0 fully saturated rings. The van der Waals surface area contributed by atoms with Gasteiger partial charge in [0.1, 0.15) is 11.6 Å². The van der Waals surface area contributed by atoms with E-state index in [2.05, 4.69) is 19.1 Å². The number of aryl methyl sites for hydroxylation is 1. The summed E-state index contributed by atoms with van der Waals surface area (Å²) in [5, 5.41) is -0.489. The maximum absolute atomic E-state index is 14.0. The third kappa shape index (κ3) is 3.31. The molecule has 0 spiro atoms. The van der Waals surface area contributed by atoms with Crippen LogP contribution in [0.3, 0.4) is 0 Å². The minimum atomic E-state index is -0.489. The predicted molar refractivity (Wildman–Crippen MR) is 81.1 cm³/mol. The van der Waals surface area contributed by atoms with Crippen LogP contribution in [0.5, 0.6) is 5.75 Å². The maximum atomic E-state index is 14.0. The fourth-order valence-electron chi connectivity index (χ4n) is 2.16. The van der Waals surface area contributed by atoms with Crippen molar-refractivity contribution in [3.8, 4) is 5.75 Å². The van der Waals surface area contributed by atoms with Gasteiger partial charge in [0, 0.05) is 11.6 Å². The summed E-state index contributed by atoms with van der Waals surface area (Å²) in [7, 11) is 1.51. The molecule has 1 atom stereocenters. The zero-order valence-electron chi connectivity index (χ0n) is 11.7. The SMILES string of the molecule is CCCc1ccc(C(Cl)c2ccc(OC)cc2F)cc1. The van der Waals surface area contributed by atoms with Gasteiger partial charge in [-0.2, -0.15) is 0 Å². The van der Waals surface area contributed by atoms with Crippen LogP contribution in [0.2, 0.25) is 0 Å². The summed E-state index contributed by atoms with van der Waals surface area (Å²) >= 11 is 6.38. The molecule has 0 amide bonds. The van der Waals surface area contributed by atoms with E-state index >= 15 is 0 Å². The van der Waals surface area contributed by atoms with Crippen molar-refractivity contribution in [1.82, 2.24) is 0 Å². The zero-order valence-corrected chi connectivity index (χ0v) is 12.5. The van der Waals surface area contributed by atoms with Gasteiger partial charge in [0.05, 0.1) is 12.5 Å². The first-order valence-electron chi connectivity index (χ1n) is 6.72. The van der Waals surface area contributed by atoms with E-state index in [1.165, 1.54) is 18.7 Å². The van der Waals surface area contributed by atoms with Crippen LogP contribution in [0.4, 0.5) is 4.39 Å². The molecule has 0 aliphatic rings. The number of methoxy groups -OCH3 is 1. The maximum Gasteiger partial charge on any atom is 0.131 e. The summed E-state index contributed by atoms with van der Waals surface area (Å²) in [5.41, 5.74) is 2.64. The van der Waals surface area contributed by atoms with E-state index in [9.17, 15) is 4.39 Å². The molecular formula is C17H18ClFO. The fourth-order valence-corrected chi connectivity index (χ4v) is 2.48. The lowest BCUT2D eigenvalue weighted by atomic mass is 10.0. The number of hydrogen-bond acceptors (Lipinski definition) is 1. The first kappa shape index (κ1) is 14.9. The molecule has 0 aromatic heterocycles. The van der Waals surface area contributed by atoms with Crippen LogP contribution in [0, 0.1) is 5.82 Å². The largest absolute Gasteiger partial charge is 0.497 e. The fraction of sp³-hybridized carbons (Fsp3) is 0.294. The lowest BCUT2D eigenvalue weighted by Gasteiger charge is -2.13. The smallest absolute Gasteiger partial charge is 0.131 e. The van der Waals surface area contributed by atoms with E-state index in [1.54, 1.807) is 12.1 Å². The number of halogens is 2. The molecule has 2 rings (SSSR count). The topological polar surface area (TPSA) is 9.23 Å². The molecule has 3 heteroatoms. The predicted octanol–water partition coefficient (Wildman–Crippen LogP) is 5.12. The van der Waals surface area contributed by atoms with Gasteiger partial charge in [-0.1, -0.05) is 43.7 Å². The molecule has 20 heavy (non-hydrogen) atoms. The molecule has 0 radical (unpaired) electrons. The van der Waals surface area contributed by atoms with Crippen molar-refractivity contribution in [3.63, 3.8) is 0 Å². The van der Waals surface area contributed by atoms with Crippen molar-refractivity contribution in [2.24, 2.45) is 0 Å². The van der Waals surface area contributed by atoms with E-state index in [0.717, 1.165) is 18.4 Å². The Hall–Kier alpha value is -1.54. The lowest BCUT2D eigenvalue weighted by Crippen LogP contribution is -1.98. The number of ether oxygens (including phenoxy) is 1. The Balaban J connectivity index is 2.24. The van der Waals surface area contributed by atoms with Gasteiger partial charge in [0.2, 0.25) is 0 Å². The molecule has 1 unspecified atom stereocenters. The van der Waals surface area contributed by atoms with E-state index in [1.807, 2.05) is 12.1 Å². The summed E-state index contributed by atoms with van der Waals surface area (Å²) in [4.78, 5) is 0. The lowest BCUT2D eigenvalue weighted by molar-refractivity contribution is 0.410. The monoisotopic (exact) mass is 292 g/mol. The summed E-state index contributed by atoms with van der Waals surface area (Å²) in [6, 6.07) is 12.8. The Morgan fingerprint density at radius 3 is 2.40 bits per heavy atom. The van der Waals surface area contributed by atoms with Crippen LogP contribution in [0.15, 0.2) is 42.5 Å². The number of hydrogen-bond donors (Lipinski definition) is 0. The van der Waals surface area contributed by atoms with Crippen molar-refractivity contribution in [3.05, 3.63) is 65.0 Å². The Morgan fingerprint density at radius 1 is 1.15 bits per heavy atom. The number of alkyl halides is 1. The molecule has 0 heterocycles. The Bertz CT molecular complexity index is 566. The molecule has 0 aliphatic heterocycles. The van der Waals surface area contributed by atoms with Gasteiger partial charge in [-0.3, -0.25) is 0 Å². The second-order valence-electron chi connectivity index (χ2n) is 4.74. The molecular weight excluding hydrogens is 275 g/mol. The Kier molecular flexibility index (Phi) is 5.02. The minimum absolute atomic E-state index is 0.345. The second-order valence-corrected chi connectivity index (χ2v) is 5.18. The van der Waals surface area contributed by atoms with Crippen molar-refractivity contribution >= 4 is 11.6 Å². The Labute approximate surface area is 124 Å². The van der Waals surface area contributed by atoms with Crippen LogP contribution in [-0.4, -0.2) is 7.11 Å². The molecule has 0 aliphatic carbocycles. The quantitative estimate of drug-likeness (QED) is 0.695. The van der Waals surface area contributed by atoms with Gasteiger partial charge < -0.3 is 4.74 Å². The summed E-state index contributed by atoms with van der Waals surface area (Å²) < 4.78 is 19.0. The van der Waals surface area contributed by atoms with Crippen molar-refractivity contribution in [2.75, 3.05) is 7.11 Å². The van der Waals surface area contributed by atoms with Crippen molar-refractivity contribution in [2.45, 2.75) is 25.1 Å². The molecule has 2 aromatic carbocycles. The highest BCUT2D eigenvalue weighted by molar-refractivity contribution is 6.22. The molecule has 106 valence electrons. The van der Waals surface area contributed by atoms with Crippen molar-refractivity contribution in [1.29, 1.82) is 0 Å². The molecule has 0 saturated heterocycles. The normalized spacial score (nSPS) is 12.2. The van der Waals surface area contributed by atoms with Crippen LogP contribution >= 0.6 is 11.6 Å². The van der Waals surface area contributed by atoms with Crippen LogP contribution in [0.25, 0.3) is 0 Å². The average molecular weight is 293 g/mol. The standard InChI is InChI=1S/C17H18ClFO/c1-3-4-12-5-7-13(8-6-12)17(18)15-10-9-14(20-2)11-16(15)19/h5-11,17H,3-4H2,1-2H3. The first-order valence-corrected chi connectivity index (χ1v) is 7.15. The van der Waals surface area contributed by atoms with Gasteiger partial charge in [0.15, 0.2) is 0 Å². The molecule has 0 N–H and O–H groups in total. The van der Waals surface area contributed by atoms with E-state index in [0.29, 0.717) is 11.3 Å². The highest BCUT2D eigenvalue weighted by Gasteiger charge is 2.15. The van der Waals surface area contributed by atoms with Gasteiger partial charge >= 0.3 is 0 Å². The van der Waals surface area contributed by atoms with Crippen LogP contribution in [-0.2, 0) is 6.42 Å². The Morgan fingerprint density at radius 2 is 1.85 bits per heavy atom.